The van der Waals surface area contributed by atoms with Crippen molar-refractivity contribution in [3.8, 4) is 17.6 Å². The lowest BCUT2D eigenvalue weighted by Gasteiger charge is -2.07. The highest BCUT2D eigenvalue weighted by atomic mass is 35.5. The molecule has 0 aliphatic heterocycles. The lowest BCUT2D eigenvalue weighted by atomic mass is 10.1. The average molecular weight is 303 g/mol. The second-order valence-electron chi connectivity index (χ2n) is 4.51. The summed E-state index contributed by atoms with van der Waals surface area (Å²) in [6.45, 7) is 3.88. The van der Waals surface area contributed by atoms with Gasteiger partial charge < -0.3 is 9.47 Å². The van der Waals surface area contributed by atoms with E-state index in [1.165, 1.54) is 0 Å². The summed E-state index contributed by atoms with van der Waals surface area (Å²) in [7, 11) is 0. The van der Waals surface area contributed by atoms with E-state index in [0.717, 1.165) is 22.1 Å². The van der Waals surface area contributed by atoms with Crippen molar-refractivity contribution in [3.05, 3.63) is 42.0 Å². The molecule has 0 aliphatic carbocycles. The van der Waals surface area contributed by atoms with Crippen LogP contribution in [0.3, 0.4) is 0 Å². The molecule has 2 aromatic carbocycles. The highest BCUT2D eigenvalue weighted by Crippen LogP contribution is 2.22. The number of benzene rings is 2. The van der Waals surface area contributed by atoms with Gasteiger partial charge in [-0.15, -0.1) is 11.6 Å². The zero-order chi connectivity index (χ0) is 14.9. The molecule has 2 aromatic rings. The SMILES string of the molecule is CCOCCOc1ccc2cc(C#CCCCl)ccc2c1. The molecule has 0 N–H and O–H groups in total. The number of halogens is 1. The van der Waals surface area contributed by atoms with Crippen molar-refractivity contribution in [2.75, 3.05) is 25.7 Å². The van der Waals surface area contributed by atoms with Crippen molar-refractivity contribution >= 4 is 22.4 Å². The largest absolute Gasteiger partial charge is 0.491 e. The molecule has 0 radical (unpaired) electrons. The van der Waals surface area contributed by atoms with Crippen LogP contribution in [0.4, 0.5) is 0 Å². The summed E-state index contributed by atoms with van der Waals surface area (Å²) in [4.78, 5) is 0. The van der Waals surface area contributed by atoms with E-state index in [0.29, 0.717) is 32.1 Å². The van der Waals surface area contributed by atoms with Crippen LogP contribution in [0.25, 0.3) is 10.8 Å². The molecular formula is C18H19ClO2. The van der Waals surface area contributed by atoms with E-state index in [2.05, 4.69) is 30.0 Å². The normalized spacial score (nSPS) is 10.2. The maximum Gasteiger partial charge on any atom is 0.120 e. The van der Waals surface area contributed by atoms with Gasteiger partial charge in [0.25, 0.3) is 0 Å². The van der Waals surface area contributed by atoms with E-state index in [9.17, 15) is 0 Å². The Labute approximate surface area is 131 Å². The van der Waals surface area contributed by atoms with Crippen LogP contribution < -0.4 is 4.74 Å². The van der Waals surface area contributed by atoms with E-state index in [4.69, 9.17) is 21.1 Å². The van der Waals surface area contributed by atoms with Gasteiger partial charge >= 0.3 is 0 Å². The van der Waals surface area contributed by atoms with Gasteiger partial charge in [0.05, 0.1) is 6.61 Å². The molecule has 2 rings (SSSR count). The molecule has 0 unspecified atom stereocenters. The molecule has 0 amide bonds. The van der Waals surface area contributed by atoms with Gasteiger partial charge in [0, 0.05) is 24.5 Å². The third-order valence-corrected chi connectivity index (χ3v) is 3.15. The maximum absolute atomic E-state index is 5.66. The highest BCUT2D eigenvalue weighted by molar-refractivity contribution is 6.18. The minimum Gasteiger partial charge on any atom is -0.491 e. The van der Waals surface area contributed by atoms with Gasteiger partial charge in [-0.25, -0.2) is 0 Å². The molecular weight excluding hydrogens is 284 g/mol. The third kappa shape index (κ3) is 4.97. The highest BCUT2D eigenvalue weighted by Gasteiger charge is 1.99. The molecule has 0 saturated heterocycles. The van der Waals surface area contributed by atoms with Crippen LogP contribution in [0.2, 0.25) is 0 Å². The van der Waals surface area contributed by atoms with Crippen LogP contribution >= 0.6 is 11.6 Å². The first kappa shape index (κ1) is 15.7. The topological polar surface area (TPSA) is 18.5 Å². The quantitative estimate of drug-likeness (QED) is 0.451. The van der Waals surface area contributed by atoms with Gasteiger partial charge in [-0.05, 0) is 42.0 Å². The molecule has 21 heavy (non-hydrogen) atoms. The zero-order valence-corrected chi connectivity index (χ0v) is 13.0. The van der Waals surface area contributed by atoms with Gasteiger partial charge in [0.1, 0.15) is 12.4 Å². The number of hydrogen-bond acceptors (Lipinski definition) is 2. The van der Waals surface area contributed by atoms with Crippen LogP contribution in [-0.4, -0.2) is 25.7 Å². The number of ether oxygens (including phenoxy) is 2. The predicted octanol–water partition coefficient (Wildman–Crippen LogP) is 4.24. The third-order valence-electron chi connectivity index (χ3n) is 2.96. The van der Waals surface area contributed by atoms with Gasteiger partial charge in [0.2, 0.25) is 0 Å². The Morgan fingerprint density at radius 2 is 1.86 bits per heavy atom. The first-order valence-corrected chi connectivity index (χ1v) is 7.66. The van der Waals surface area contributed by atoms with Crippen molar-refractivity contribution in [3.63, 3.8) is 0 Å². The molecule has 0 aromatic heterocycles. The summed E-state index contributed by atoms with van der Waals surface area (Å²) < 4.78 is 10.9. The monoisotopic (exact) mass is 302 g/mol. The van der Waals surface area contributed by atoms with E-state index in [-0.39, 0.29) is 0 Å². The van der Waals surface area contributed by atoms with E-state index in [1.807, 2.05) is 25.1 Å². The van der Waals surface area contributed by atoms with Crippen molar-refractivity contribution < 1.29 is 9.47 Å². The molecule has 0 spiro atoms. The fraction of sp³-hybridized carbons (Fsp3) is 0.333. The van der Waals surface area contributed by atoms with Gasteiger partial charge in [-0.1, -0.05) is 24.0 Å². The molecule has 0 atom stereocenters. The van der Waals surface area contributed by atoms with Crippen LogP contribution in [0.5, 0.6) is 5.75 Å². The summed E-state index contributed by atoms with van der Waals surface area (Å²) in [5.74, 6) is 7.60. The molecule has 3 heteroatoms. The summed E-state index contributed by atoms with van der Waals surface area (Å²) in [6.07, 6.45) is 0.714. The van der Waals surface area contributed by atoms with Crippen molar-refractivity contribution in [2.45, 2.75) is 13.3 Å². The first-order chi connectivity index (χ1) is 10.3. The maximum atomic E-state index is 5.66. The summed E-state index contributed by atoms with van der Waals surface area (Å²) in [5, 5.41) is 2.30. The second kappa shape index (κ2) is 8.56. The molecule has 2 nitrogen and oxygen atoms in total. The summed E-state index contributed by atoms with van der Waals surface area (Å²) in [5.41, 5.74) is 1.01. The van der Waals surface area contributed by atoms with E-state index in [1.54, 1.807) is 0 Å². The number of fused-ring (bicyclic) bond motifs is 1. The van der Waals surface area contributed by atoms with Gasteiger partial charge in [0.15, 0.2) is 0 Å². The smallest absolute Gasteiger partial charge is 0.120 e. The van der Waals surface area contributed by atoms with Crippen LogP contribution in [0.1, 0.15) is 18.9 Å². The molecule has 0 aliphatic rings. The summed E-state index contributed by atoms with van der Waals surface area (Å²) in [6, 6.07) is 12.2. The molecule has 110 valence electrons. The molecule has 0 bridgehead atoms. The molecule has 0 heterocycles. The number of alkyl halides is 1. The van der Waals surface area contributed by atoms with Crippen molar-refractivity contribution in [2.24, 2.45) is 0 Å². The molecule has 0 fully saturated rings. The first-order valence-electron chi connectivity index (χ1n) is 7.12. The number of hydrogen-bond donors (Lipinski definition) is 0. The summed E-state index contributed by atoms with van der Waals surface area (Å²) >= 11 is 5.62. The lowest BCUT2D eigenvalue weighted by molar-refractivity contribution is 0.110. The van der Waals surface area contributed by atoms with Crippen molar-refractivity contribution in [1.29, 1.82) is 0 Å². The van der Waals surface area contributed by atoms with Crippen LogP contribution in [0, 0.1) is 11.8 Å². The Morgan fingerprint density at radius 3 is 2.67 bits per heavy atom. The van der Waals surface area contributed by atoms with E-state index < -0.39 is 0 Å². The Morgan fingerprint density at radius 1 is 1.05 bits per heavy atom. The fourth-order valence-electron chi connectivity index (χ4n) is 1.97. The standard InChI is InChI=1S/C18H19ClO2/c1-2-20-11-12-21-18-9-8-16-13-15(5-3-4-10-19)6-7-17(16)14-18/h6-9,13-14H,2,4,10-12H2,1H3. The van der Waals surface area contributed by atoms with Gasteiger partial charge in [-0.2, -0.15) is 0 Å². The second-order valence-corrected chi connectivity index (χ2v) is 4.89. The minimum absolute atomic E-state index is 0.571. The van der Waals surface area contributed by atoms with Crippen LogP contribution in [0.15, 0.2) is 36.4 Å². The lowest BCUT2D eigenvalue weighted by Crippen LogP contribution is -2.06. The Bertz CT molecular complexity index is 640. The Hall–Kier alpha value is -1.69. The fourth-order valence-corrected chi connectivity index (χ4v) is 2.06. The average Bonchev–Trinajstić information content (AvgIpc) is 2.52. The van der Waals surface area contributed by atoms with Gasteiger partial charge in [-0.3, -0.25) is 0 Å². The van der Waals surface area contributed by atoms with E-state index >= 15 is 0 Å². The van der Waals surface area contributed by atoms with Crippen LogP contribution in [-0.2, 0) is 4.74 Å². The minimum atomic E-state index is 0.571. The molecule has 0 saturated carbocycles. The zero-order valence-electron chi connectivity index (χ0n) is 12.2. The Kier molecular flexibility index (Phi) is 6.40. The Balaban J connectivity index is 2.07. The number of rotatable bonds is 6. The van der Waals surface area contributed by atoms with Crippen molar-refractivity contribution in [1.82, 2.24) is 0 Å². The predicted molar refractivity (Wildman–Crippen MR) is 88.2 cm³/mol.